The summed E-state index contributed by atoms with van der Waals surface area (Å²) >= 11 is 0. The van der Waals surface area contributed by atoms with Gasteiger partial charge < -0.3 is 20.1 Å². The Hall–Kier alpha value is -1.25. The number of hydrogen-bond donors (Lipinski definition) is 2. The van der Waals surface area contributed by atoms with Crippen LogP contribution in [-0.4, -0.2) is 49.3 Å². The molecule has 3 N–H and O–H groups in total. The largest absolute Gasteiger partial charge is 0.472 e. The van der Waals surface area contributed by atoms with Gasteiger partial charge in [-0.05, 0) is 38.5 Å². The number of unbranched alkanes of at least 4 members (excludes halogenated alkanes) is 50. The van der Waals surface area contributed by atoms with Crippen molar-refractivity contribution in [1.29, 1.82) is 0 Å². The van der Waals surface area contributed by atoms with Gasteiger partial charge in [0.2, 0.25) is 0 Å². The standard InChI is InChI=1S/C66H130NO8P/c1-3-5-7-9-11-13-15-17-19-21-22-23-24-25-26-27-28-29-30-31-32-33-34-35-36-37-38-39-40-41-42-43-45-47-49-51-53-55-57-59-66(69)75-64(63-74-76(70,71)73-61-60-67)62-72-65(68)58-56-54-52-50-48-46-44-20-18-16-14-12-10-8-6-4-2/h21-22,64H,3-20,23-63,67H2,1-2H3,(H,70,71)/b22-21-. The normalized spacial score (nSPS) is 12.9. The summed E-state index contributed by atoms with van der Waals surface area (Å²) in [4.78, 5) is 35.2. The van der Waals surface area contributed by atoms with Crippen LogP contribution in [0.25, 0.3) is 0 Å². The molecule has 9 nitrogen and oxygen atoms in total. The maximum Gasteiger partial charge on any atom is 0.472 e. The Morgan fingerprint density at radius 3 is 0.934 bits per heavy atom. The van der Waals surface area contributed by atoms with Crippen LogP contribution in [0.1, 0.15) is 367 Å². The molecule has 76 heavy (non-hydrogen) atoms. The Labute approximate surface area is 472 Å². The van der Waals surface area contributed by atoms with Gasteiger partial charge in [-0.1, -0.05) is 328 Å². The first-order valence-corrected chi connectivity index (χ1v) is 35.2. The number of carbonyl (C=O) groups is 2. The minimum atomic E-state index is -4.38. The molecule has 0 rings (SSSR count). The van der Waals surface area contributed by atoms with Crippen molar-refractivity contribution in [3.63, 3.8) is 0 Å². The van der Waals surface area contributed by atoms with Gasteiger partial charge in [-0.3, -0.25) is 18.6 Å². The molecule has 0 heterocycles. The quantitative estimate of drug-likeness (QED) is 0.0264. The van der Waals surface area contributed by atoms with Gasteiger partial charge in [-0.25, -0.2) is 4.57 Å². The highest BCUT2D eigenvalue weighted by molar-refractivity contribution is 7.47. The molecule has 2 unspecified atom stereocenters. The summed E-state index contributed by atoms with van der Waals surface area (Å²) in [6, 6.07) is 0. The monoisotopic (exact) mass is 1100 g/mol. The van der Waals surface area contributed by atoms with E-state index in [-0.39, 0.29) is 38.6 Å². The van der Waals surface area contributed by atoms with Crippen LogP contribution < -0.4 is 5.73 Å². The van der Waals surface area contributed by atoms with Gasteiger partial charge in [0.1, 0.15) is 6.61 Å². The van der Waals surface area contributed by atoms with E-state index in [4.69, 9.17) is 24.3 Å². The second kappa shape index (κ2) is 62.9. The fourth-order valence-corrected chi connectivity index (χ4v) is 11.2. The van der Waals surface area contributed by atoms with E-state index in [1.54, 1.807) is 0 Å². The SMILES string of the molecule is CCCCCCCCCC/C=C\CCCCCCCCCCCCCCCCCCCCCCCCCCCCCC(=O)OC(COC(=O)CCCCCCCCCCCCCCCCCC)COP(=O)(O)OCCN. The minimum absolute atomic E-state index is 0.0580. The molecular formula is C66H130NO8P. The lowest BCUT2D eigenvalue weighted by molar-refractivity contribution is -0.161. The maximum atomic E-state index is 12.7. The van der Waals surface area contributed by atoms with Crippen molar-refractivity contribution in [2.45, 2.75) is 373 Å². The molecule has 0 aromatic heterocycles. The van der Waals surface area contributed by atoms with Crippen molar-refractivity contribution >= 4 is 19.8 Å². The summed E-state index contributed by atoms with van der Waals surface area (Å²) in [5.41, 5.74) is 5.39. The number of carbonyl (C=O) groups excluding carboxylic acids is 2. The van der Waals surface area contributed by atoms with Crippen LogP contribution in [-0.2, 0) is 32.7 Å². The zero-order valence-corrected chi connectivity index (χ0v) is 51.7. The third-order valence-electron chi connectivity index (χ3n) is 15.4. The van der Waals surface area contributed by atoms with Gasteiger partial charge in [0.05, 0.1) is 13.2 Å². The molecule has 0 radical (unpaired) electrons. The molecule has 0 aromatic carbocycles. The predicted molar refractivity (Wildman–Crippen MR) is 326 cm³/mol. The van der Waals surface area contributed by atoms with Gasteiger partial charge in [-0.15, -0.1) is 0 Å². The molecule has 0 amide bonds. The van der Waals surface area contributed by atoms with E-state index in [0.29, 0.717) is 6.42 Å². The highest BCUT2D eigenvalue weighted by Crippen LogP contribution is 2.43. The van der Waals surface area contributed by atoms with Crippen molar-refractivity contribution in [3.8, 4) is 0 Å². The van der Waals surface area contributed by atoms with Gasteiger partial charge in [0.15, 0.2) is 6.10 Å². The highest BCUT2D eigenvalue weighted by atomic mass is 31.2. The lowest BCUT2D eigenvalue weighted by Gasteiger charge is -2.19. The maximum absolute atomic E-state index is 12.7. The average Bonchev–Trinajstić information content (AvgIpc) is 3.41. The zero-order chi connectivity index (χ0) is 55.2. The number of ether oxygens (including phenoxy) is 2. The van der Waals surface area contributed by atoms with Crippen molar-refractivity contribution < 1.29 is 37.6 Å². The molecular weight excluding hydrogens is 966 g/mol. The molecule has 0 bridgehead atoms. The molecule has 452 valence electrons. The molecule has 0 saturated carbocycles. The molecule has 2 atom stereocenters. The summed E-state index contributed by atoms with van der Waals surface area (Å²) in [5.74, 6) is -0.803. The van der Waals surface area contributed by atoms with E-state index in [0.717, 1.165) is 32.1 Å². The number of hydrogen-bond acceptors (Lipinski definition) is 8. The molecule has 0 saturated heterocycles. The smallest absolute Gasteiger partial charge is 0.462 e. The van der Waals surface area contributed by atoms with E-state index in [2.05, 4.69) is 26.0 Å². The van der Waals surface area contributed by atoms with Gasteiger partial charge in [0.25, 0.3) is 0 Å². The molecule has 0 aliphatic rings. The summed E-state index contributed by atoms with van der Waals surface area (Å²) in [6.07, 6.45) is 74.7. The van der Waals surface area contributed by atoms with E-state index in [1.807, 2.05) is 0 Å². The van der Waals surface area contributed by atoms with Crippen molar-refractivity contribution in [2.24, 2.45) is 5.73 Å². The summed E-state index contributed by atoms with van der Waals surface area (Å²) in [7, 11) is -4.38. The van der Waals surface area contributed by atoms with Crippen LogP contribution in [0.3, 0.4) is 0 Å². The van der Waals surface area contributed by atoms with Gasteiger partial charge in [-0.2, -0.15) is 0 Å². The van der Waals surface area contributed by atoms with E-state index in [1.165, 1.54) is 302 Å². The second-order valence-corrected chi connectivity index (χ2v) is 24.5. The third-order valence-corrected chi connectivity index (χ3v) is 16.4. The highest BCUT2D eigenvalue weighted by Gasteiger charge is 2.26. The number of nitrogens with two attached hydrogens (primary N) is 1. The average molecular weight is 1100 g/mol. The predicted octanol–water partition coefficient (Wildman–Crippen LogP) is 21.6. The summed E-state index contributed by atoms with van der Waals surface area (Å²) < 4.78 is 33.1. The fraction of sp³-hybridized carbons (Fsp3) is 0.939. The number of allylic oxidation sites excluding steroid dienone is 2. The Morgan fingerprint density at radius 2 is 0.645 bits per heavy atom. The zero-order valence-electron chi connectivity index (χ0n) is 50.8. The molecule has 0 spiro atoms. The first-order valence-electron chi connectivity index (χ1n) is 33.7. The molecule has 0 aromatic rings. The lowest BCUT2D eigenvalue weighted by atomic mass is 10.0. The van der Waals surface area contributed by atoms with Gasteiger partial charge >= 0.3 is 19.8 Å². The van der Waals surface area contributed by atoms with Crippen LogP contribution in [0.2, 0.25) is 0 Å². The first-order chi connectivity index (χ1) is 37.3. The fourth-order valence-electron chi connectivity index (χ4n) is 10.4. The van der Waals surface area contributed by atoms with Crippen LogP contribution in [0.15, 0.2) is 12.2 Å². The lowest BCUT2D eigenvalue weighted by Crippen LogP contribution is -2.29. The topological polar surface area (TPSA) is 134 Å². The molecule has 0 aliphatic carbocycles. The van der Waals surface area contributed by atoms with Crippen molar-refractivity contribution in [1.82, 2.24) is 0 Å². The van der Waals surface area contributed by atoms with Crippen LogP contribution >= 0.6 is 7.82 Å². The Kier molecular flexibility index (Phi) is 61.9. The number of esters is 2. The van der Waals surface area contributed by atoms with E-state index >= 15 is 0 Å². The van der Waals surface area contributed by atoms with Crippen molar-refractivity contribution in [2.75, 3.05) is 26.4 Å². The Balaban J connectivity index is 3.72. The number of phosphoric acid groups is 1. The first kappa shape index (κ1) is 74.8. The van der Waals surface area contributed by atoms with Gasteiger partial charge in [0, 0.05) is 19.4 Å². The van der Waals surface area contributed by atoms with E-state index in [9.17, 15) is 19.0 Å². The Bertz CT molecular complexity index is 1250. The van der Waals surface area contributed by atoms with Crippen LogP contribution in [0.4, 0.5) is 0 Å². The second-order valence-electron chi connectivity index (χ2n) is 23.1. The Morgan fingerprint density at radius 1 is 0.382 bits per heavy atom. The minimum Gasteiger partial charge on any atom is -0.462 e. The summed E-state index contributed by atoms with van der Waals surface area (Å²) in [6.45, 7) is 3.82. The number of phosphoric ester groups is 1. The molecule has 0 fully saturated rings. The molecule has 10 heteroatoms. The van der Waals surface area contributed by atoms with Crippen molar-refractivity contribution in [3.05, 3.63) is 12.2 Å². The summed E-state index contributed by atoms with van der Waals surface area (Å²) in [5, 5.41) is 0. The number of rotatable bonds is 65. The molecule has 0 aliphatic heterocycles. The third kappa shape index (κ3) is 62.0. The van der Waals surface area contributed by atoms with E-state index < -0.39 is 26.5 Å². The van der Waals surface area contributed by atoms with Crippen LogP contribution in [0.5, 0.6) is 0 Å². The van der Waals surface area contributed by atoms with Crippen LogP contribution in [0, 0.1) is 0 Å².